The number of nitrogens with one attached hydrogen (secondary N) is 1. The van der Waals surface area contributed by atoms with Gasteiger partial charge in [-0.1, -0.05) is 36.4 Å². The SMILES string of the molecule is CCN(c1ccccc1)c1ccc(C(=O)NCc2ccccc2OC)nc1. The highest BCUT2D eigenvalue weighted by atomic mass is 16.5. The predicted octanol–water partition coefficient (Wildman–Crippen LogP) is 4.18. The number of hydrogen-bond donors (Lipinski definition) is 1. The second-order valence-electron chi connectivity index (χ2n) is 5.98. The van der Waals surface area contributed by atoms with E-state index in [2.05, 4.69) is 34.3 Å². The normalized spacial score (nSPS) is 10.3. The Hall–Kier alpha value is -3.34. The number of ether oxygens (including phenoxy) is 1. The first-order valence-corrected chi connectivity index (χ1v) is 8.91. The summed E-state index contributed by atoms with van der Waals surface area (Å²) in [6.07, 6.45) is 1.73. The number of rotatable bonds is 7. The summed E-state index contributed by atoms with van der Waals surface area (Å²) in [5, 5.41) is 2.89. The van der Waals surface area contributed by atoms with Crippen LogP contribution in [0.2, 0.25) is 0 Å². The summed E-state index contributed by atoms with van der Waals surface area (Å²) in [6, 6.07) is 21.4. The molecule has 5 heteroatoms. The highest BCUT2D eigenvalue weighted by Crippen LogP contribution is 2.24. The molecule has 0 bridgehead atoms. The number of anilines is 2. The minimum absolute atomic E-state index is 0.213. The van der Waals surface area contributed by atoms with E-state index in [1.807, 2.05) is 48.5 Å². The highest BCUT2D eigenvalue weighted by molar-refractivity contribution is 5.92. The van der Waals surface area contributed by atoms with Crippen molar-refractivity contribution < 1.29 is 9.53 Å². The lowest BCUT2D eigenvalue weighted by Gasteiger charge is -2.23. The minimum Gasteiger partial charge on any atom is -0.496 e. The molecule has 1 aromatic heterocycles. The number of amides is 1. The molecule has 0 radical (unpaired) electrons. The van der Waals surface area contributed by atoms with Crippen LogP contribution in [-0.4, -0.2) is 24.5 Å². The maximum atomic E-state index is 12.4. The first-order chi connectivity index (χ1) is 13.2. The number of pyridine rings is 1. The average Bonchev–Trinajstić information content (AvgIpc) is 2.74. The van der Waals surface area contributed by atoms with Gasteiger partial charge in [-0.15, -0.1) is 0 Å². The molecule has 0 spiro atoms. The van der Waals surface area contributed by atoms with Crippen molar-refractivity contribution in [1.82, 2.24) is 10.3 Å². The van der Waals surface area contributed by atoms with Crippen molar-refractivity contribution in [3.05, 3.63) is 84.2 Å². The smallest absolute Gasteiger partial charge is 0.270 e. The van der Waals surface area contributed by atoms with Crippen molar-refractivity contribution in [3.63, 3.8) is 0 Å². The van der Waals surface area contributed by atoms with Crippen LogP contribution in [0.1, 0.15) is 23.0 Å². The van der Waals surface area contributed by atoms with Crippen LogP contribution >= 0.6 is 0 Å². The zero-order chi connectivity index (χ0) is 19.1. The lowest BCUT2D eigenvalue weighted by atomic mass is 10.2. The predicted molar refractivity (Wildman–Crippen MR) is 108 cm³/mol. The van der Waals surface area contributed by atoms with Crippen LogP contribution < -0.4 is 15.0 Å². The van der Waals surface area contributed by atoms with Crippen molar-refractivity contribution in [2.75, 3.05) is 18.6 Å². The van der Waals surface area contributed by atoms with Crippen molar-refractivity contribution in [2.45, 2.75) is 13.5 Å². The first-order valence-electron chi connectivity index (χ1n) is 8.91. The van der Waals surface area contributed by atoms with E-state index in [0.717, 1.165) is 29.2 Å². The molecule has 0 aliphatic rings. The molecule has 1 amide bonds. The van der Waals surface area contributed by atoms with Gasteiger partial charge in [-0.25, -0.2) is 4.98 Å². The molecule has 138 valence electrons. The number of hydrogen-bond acceptors (Lipinski definition) is 4. The van der Waals surface area contributed by atoms with Gasteiger partial charge in [0.1, 0.15) is 11.4 Å². The van der Waals surface area contributed by atoms with Gasteiger partial charge in [0.15, 0.2) is 0 Å². The Bertz CT molecular complexity index is 880. The topological polar surface area (TPSA) is 54.5 Å². The third-order valence-electron chi connectivity index (χ3n) is 4.31. The molecule has 3 aromatic rings. The quantitative estimate of drug-likeness (QED) is 0.686. The summed E-state index contributed by atoms with van der Waals surface area (Å²) in [6.45, 7) is 3.28. The monoisotopic (exact) mass is 361 g/mol. The lowest BCUT2D eigenvalue weighted by molar-refractivity contribution is 0.0945. The third-order valence-corrected chi connectivity index (χ3v) is 4.31. The van der Waals surface area contributed by atoms with Crippen molar-refractivity contribution >= 4 is 17.3 Å². The summed E-state index contributed by atoms with van der Waals surface area (Å²) in [5.74, 6) is 0.540. The fourth-order valence-electron chi connectivity index (χ4n) is 2.92. The molecule has 27 heavy (non-hydrogen) atoms. The molecule has 0 atom stereocenters. The maximum Gasteiger partial charge on any atom is 0.270 e. The number of aromatic nitrogens is 1. The van der Waals surface area contributed by atoms with Gasteiger partial charge in [0.25, 0.3) is 5.91 Å². The van der Waals surface area contributed by atoms with Crippen molar-refractivity contribution in [2.24, 2.45) is 0 Å². The summed E-state index contributed by atoms with van der Waals surface area (Å²) in [7, 11) is 1.62. The van der Waals surface area contributed by atoms with Crippen molar-refractivity contribution in [1.29, 1.82) is 0 Å². The average molecular weight is 361 g/mol. The molecule has 1 heterocycles. The van der Waals surface area contributed by atoms with Crippen LogP contribution in [0, 0.1) is 0 Å². The summed E-state index contributed by atoms with van der Waals surface area (Å²) < 4.78 is 5.31. The van der Waals surface area contributed by atoms with E-state index in [0.29, 0.717) is 12.2 Å². The molecular formula is C22H23N3O2. The van der Waals surface area contributed by atoms with Crippen LogP contribution in [0.4, 0.5) is 11.4 Å². The molecular weight excluding hydrogens is 338 g/mol. The second kappa shape index (κ2) is 8.85. The molecule has 3 rings (SSSR count). The summed E-state index contributed by atoms with van der Waals surface area (Å²) >= 11 is 0. The molecule has 0 fully saturated rings. The van der Waals surface area contributed by atoms with Crippen LogP contribution in [0.15, 0.2) is 72.9 Å². The Kier molecular flexibility index (Phi) is 6.05. The Balaban J connectivity index is 1.68. The summed E-state index contributed by atoms with van der Waals surface area (Å²) in [5.41, 5.74) is 3.35. The van der Waals surface area contributed by atoms with E-state index >= 15 is 0 Å². The summed E-state index contributed by atoms with van der Waals surface area (Å²) in [4.78, 5) is 18.9. The van der Waals surface area contributed by atoms with E-state index in [1.54, 1.807) is 19.4 Å². The first kappa shape index (κ1) is 18.5. The Labute approximate surface area is 159 Å². The molecule has 0 saturated heterocycles. The fraction of sp³-hybridized carbons (Fsp3) is 0.182. The Morgan fingerprint density at radius 3 is 2.41 bits per heavy atom. The second-order valence-corrected chi connectivity index (χ2v) is 5.98. The largest absolute Gasteiger partial charge is 0.496 e. The number of nitrogens with zero attached hydrogens (tertiary/aromatic N) is 2. The van der Waals surface area contributed by atoms with Crippen LogP contribution in [-0.2, 0) is 6.54 Å². The highest BCUT2D eigenvalue weighted by Gasteiger charge is 2.11. The molecule has 0 aliphatic heterocycles. The van der Waals surface area contributed by atoms with Gasteiger partial charge in [-0.2, -0.15) is 0 Å². The zero-order valence-electron chi connectivity index (χ0n) is 15.6. The van der Waals surface area contributed by atoms with Crippen molar-refractivity contribution in [3.8, 4) is 5.75 Å². The van der Waals surface area contributed by atoms with E-state index < -0.39 is 0 Å². The molecule has 2 aromatic carbocycles. The van der Waals surface area contributed by atoms with Gasteiger partial charge in [-0.3, -0.25) is 4.79 Å². The number of carbonyl (C=O) groups excluding carboxylic acids is 1. The Morgan fingerprint density at radius 1 is 1.00 bits per heavy atom. The van der Waals surface area contributed by atoms with Gasteiger partial charge in [0, 0.05) is 24.3 Å². The minimum atomic E-state index is -0.213. The molecule has 0 saturated carbocycles. The van der Waals surface area contributed by atoms with E-state index in [9.17, 15) is 4.79 Å². The van der Waals surface area contributed by atoms with Gasteiger partial charge < -0.3 is 15.0 Å². The molecule has 1 N–H and O–H groups in total. The standard InChI is InChI=1S/C22H23N3O2/c1-3-25(18-10-5-4-6-11-18)19-13-14-20(23-16-19)22(26)24-15-17-9-7-8-12-21(17)27-2/h4-14,16H,3,15H2,1-2H3,(H,24,26). The Morgan fingerprint density at radius 2 is 1.74 bits per heavy atom. The molecule has 5 nitrogen and oxygen atoms in total. The van der Waals surface area contributed by atoms with Crippen LogP contribution in [0.5, 0.6) is 5.75 Å². The number of carbonyl (C=O) groups is 1. The van der Waals surface area contributed by atoms with E-state index in [4.69, 9.17) is 4.74 Å². The number of para-hydroxylation sites is 2. The van der Waals surface area contributed by atoms with E-state index in [-0.39, 0.29) is 5.91 Å². The van der Waals surface area contributed by atoms with Gasteiger partial charge in [0.2, 0.25) is 0 Å². The number of benzene rings is 2. The molecule has 0 aliphatic carbocycles. The zero-order valence-corrected chi connectivity index (χ0v) is 15.6. The van der Waals surface area contributed by atoms with Crippen LogP contribution in [0.3, 0.4) is 0 Å². The van der Waals surface area contributed by atoms with Gasteiger partial charge in [0.05, 0.1) is 19.0 Å². The van der Waals surface area contributed by atoms with Gasteiger partial charge >= 0.3 is 0 Å². The third kappa shape index (κ3) is 4.44. The van der Waals surface area contributed by atoms with E-state index in [1.165, 1.54) is 0 Å². The number of methoxy groups -OCH3 is 1. The molecule has 0 unspecified atom stereocenters. The lowest BCUT2D eigenvalue weighted by Crippen LogP contribution is -2.24. The van der Waals surface area contributed by atoms with Gasteiger partial charge in [-0.05, 0) is 37.3 Å². The maximum absolute atomic E-state index is 12.4. The van der Waals surface area contributed by atoms with Crippen LogP contribution in [0.25, 0.3) is 0 Å². The fourth-order valence-corrected chi connectivity index (χ4v) is 2.92.